The molecule has 112 valence electrons. The lowest BCUT2D eigenvalue weighted by atomic mass is 10.1. The van der Waals surface area contributed by atoms with Crippen molar-refractivity contribution >= 4 is 28.4 Å². The van der Waals surface area contributed by atoms with Crippen LogP contribution >= 0.6 is 11.6 Å². The number of ketones is 1. The maximum Gasteiger partial charge on any atom is 0.182 e. The fraction of sp³-hybridized carbons (Fsp3) is 0.222. The molecule has 0 saturated carbocycles. The van der Waals surface area contributed by atoms with E-state index in [1.807, 2.05) is 60.9 Å². The minimum atomic E-state index is 0.0613. The highest BCUT2D eigenvalue weighted by molar-refractivity contribution is 6.17. The van der Waals surface area contributed by atoms with Gasteiger partial charge < -0.3 is 4.57 Å². The van der Waals surface area contributed by atoms with E-state index in [0.29, 0.717) is 5.56 Å². The Morgan fingerprint density at radius 3 is 2.45 bits per heavy atom. The van der Waals surface area contributed by atoms with Crippen LogP contribution in [0.25, 0.3) is 11.0 Å². The second-order valence-electron chi connectivity index (χ2n) is 5.53. The zero-order valence-corrected chi connectivity index (χ0v) is 13.4. The van der Waals surface area contributed by atoms with Crippen LogP contribution in [0.15, 0.2) is 42.5 Å². The van der Waals surface area contributed by atoms with E-state index >= 15 is 0 Å². The number of benzene rings is 2. The number of alkyl halides is 1. The standard InChI is InChI=1S/C18H17ClN2O/c1-12-3-6-14(7-4-12)17(22)11-21-16-8-5-13(2)9-15(16)20-18(21)10-19/h3-9H,10-11H2,1-2H3. The average Bonchev–Trinajstić information content (AvgIpc) is 2.84. The summed E-state index contributed by atoms with van der Waals surface area (Å²) < 4.78 is 1.91. The molecular formula is C18H17ClN2O. The molecule has 3 aromatic rings. The molecule has 0 aliphatic rings. The normalized spacial score (nSPS) is 11.0. The number of rotatable bonds is 4. The minimum absolute atomic E-state index is 0.0613. The molecule has 22 heavy (non-hydrogen) atoms. The molecular weight excluding hydrogens is 296 g/mol. The maximum absolute atomic E-state index is 12.5. The molecule has 3 nitrogen and oxygen atoms in total. The summed E-state index contributed by atoms with van der Waals surface area (Å²) in [4.78, 5) is 17.0. The molecule has 0 atom stereocenters. The second kappa shape index (κ2) is 5.93. The summed E-state index contributed by atoms with van der Waals surface area (Å²) >= 11 is 6.00. The van der Waals surface area contributed by atoms with Gasteiger partial charge in [0, 0.05) is 5.56 Å². The first-order valence-electron chi connectivity index (χ1n) is 7.20. The lowest BCUT2D eigenvalue weighted by molar-refractivity contribution is 0.0972. The Kier molecular flexibility index (Phi) is 3.99. The molecule has 0 spiro atoms. The van der Waals surface area contributed by atoms with Gasteiger partial charge in [0.25, 0.3) is 0 Å². The number of carbonyl (C=O) groups is 1. The van der Waals surface area contributed by atoms with Gasteiger partial charge in [0.15, 0.2) is 5.78 Å². The molecule has 2 aromatic carbocycles. The number of carbonyl (C=O) groups excluding carboxylic acids is 1. The van der Waals surface area contributed by atoms with Gasteiger partial charge in [-0.25, -0.2) is 4.98 Å². The molecule has 0 aliphatic heterocycles. The van der Waals surface area contributed by atoms with E-state index < -0.39 is 0 Å². The van der Waals surface area contributed by atoms with Crippen molar-refractivity contribution in [1.29, 1.82) is 0 Å². The Labute approximate surface area is 134 Å². The highest BCUT2D eigenvalue weighted by atomic mass is 35.5. The van der Waals surface area contributed by atoms with Crippen molar-refractivity contribution in [2.45, 2.75) is 26.3 Å². The van der Waals surface area contributed by atoms with Crippen LogP contribution < -0.4 is 0 Å². The van der Waals surface area contributed by atoms with Crippen LogP contribution in [0.3, 0.4) is 0 Å². The summed E-state index contributed by atoms with van der Waals surface area (Å²) in [7, 11) is 0. The summed E-state index contributed by atoms with van der Waals surface area (Å²) in [6.45, 7) is 4.28. The molecule has 1 aromatic heterocycles. The number of Topliss-reactive ketones (excluding diaryl/α,β-unsaturated/α-hetero) is 1. The summed E-state index contributed by atoms with van der Waals surface area (Å²) in [5.74, 6) is 1.07. The van der Waals surface area contributed by atoms with E-state index in [1.54, 1.807) is 0 Å². The van der Waals surface area contributed by atoms with Gasteiger partial charge in [0.2, 0.25) is 0 Å². The van der Waals surface area contributed by atoms with Crippen molar-refractivity contribution in [3.8, 4) is 0 Å². The van der Waals surface area contributed by atoms with Crippen molar-refractivity contribution in [3.05, 3.63) is 65.0 Å². The molecule has 0 unspecified atom stereocenters. The molecule has 0 N–H and O–H groups in total. The SMILES string of the molecule is Cc1ccc(C(=O)Cn2c(CCl)nc3cc(C)ccc32)cc1. The van der Waals surface area contributed by atoms with Gasteiger partial charge in [0.05, 0.1) is 23.5 Å². The number of aromatic nitrogens is 2. The first kappa shape index (κ1) is 14.8. The van der Waals surface area contributed by atoms with Crippen LogP contribution in [0.4, 0.5) is 0 Å². The average molecular weight is 313 g/mol. The largest absolute Gasteiger partial charge is 0.319 e. The first-order chi connectivity index (χ1) is 10.6. The van der Waals surface area contributed by atoms with Crippen molar-refractivity contribution in [2.75, 3.05) is 0 Å². The van der Waals surface area contributed by atoms with Crippen molar-refractivity contribution < 1.29 is 4.79 Å². The number of imidazole rings is 1. The zero-order chi connectivity index (χ0) is 15.7. The number of hydrogen-bond acceptors (Lipinski definition) is 2. The van der Waals surface area contributed by atoms with Crippen LogP contribution in [0, 0.1) is 13.8 Å². The molecule has 0 aliphatic carbocycles. The van der Waals surface area contributed by atoms with Crippen molar-refractivity contribution in [3.63, 3.8) is 0 Å². The number of hydrogen-bond donors (Lipinski definition) is 0. The molecule has 1 heterocycles. The second-order valence-corrected chi connectivity index (χ2v) is 5.80. The Hall–Kier alpha value is -2.13. The molecule has 4 heteroatoms. The van der Waals surface area contributed by atoms with E-state index in [-0.39, 0.29) is 18.2 Å². The molecule has 0 saturated heterocycles. The summed E-state index contributed by atoms with van der Waals surface area (Å²) in [6.07, 6.45) is 0. The monoisotopic (exact) mass is 312 g/mol. The fourth-order valence-corrected chi connectivity index (χ4v) is 2.75. The predicted octanol–water partition coefficient (Wildman–Crippen LogP) is 4.27. The Bertz CT molecular complexity index is 834. The van der Waals surface area contributed by atoms with Gasteiger partial charge >= 0.3 is 0 Å². The van der Waals surface area contributed by atoms with Crippen molar-refractivity contribution in [1.82, 2.24) is 9.55 Å². The molecule has 0 amide bonds. The Morgan fingerprint density at radius 1 is 1.09 bits per heavy atom. The van der Waals surface area contributed by atoms with Gasteiger partial charge in [0.1, 0.15) is 5.82 Å². The van der Waals surface area contributed by atoms with E-state index in [2.05, 4.69) is 4.98 Å². The van der Waals surface area contributed by atoms with Crippen LogP contribution in [0.1, 0.15) is 27.3 Å². The number of halogens is 1. The minimum Gasteiger partial charge on any atom is -0.319 e. The van der Waals surface area contributed by atoms with Crippen molar-refractivity contribution in [2.24, 2.45) is 0 Å². The molecule has 3 rings (SSSR count). The third-order valence-electron chi connectivity index (χ3n) is 3.78. The van der Waals surface area contributed by atoms with E-state index in [4.69, 9.17) is 11.6 Å². The topological polar surface area (TPSA) is 34.9 Å². The highest BCUT2D eigenvalue weighted by Gasteiger charge is 2.14. The van der Waals surface area contributed by atoms with Gasteiger partial charge in [-0.2, -0.15) is 0 Å². The first-order valence-corrected chi connectivity index (χ1v) is 7.73. The lowest BCUT2D eigenvalue weighted by Gasteiger charge is -2.07. The van der Waals surface area contributed by atoms with E-state index in [0.717, 1.165) is 28.0 Å². The zero-order valence-electron chi connectivity index (χ0n) is 12.6. The van der Waals surface area contributed by atoms with Gasteiger partial charge in [-0.1, -0.05) is 35.9 Å². The van der Waals surface area contributed by atoms with Gasteiger partial charge in [-0.3, -0.25) is 4.79 Å². The third kappa shape index (κ3) is 2.77. The van der Waals surface area contributed by atoms with Gasteiger partial charge in [-0.15, -0.1) is 11.6 Å². The summed E-state index contributed by atoms with van der Waals surface area (Å²) in [5.41, 5.74) is 4.82. The Balaban J connectivity index is 1.99. The molecule has 0 radical (unpaired) electrons. The van der Waals surface area contributed by atoms with Gasteiger partial charge in [-0.05, 0) is 31.5 Å². The Morgan fingerprint density at radius 2 is 1.77 bits per heavy atom. The number of nitrogens with zero attached hydrogens (tertiary/aromatic N) is 2. The van der Waals surface area contributed by atoms with Crippen LogP contribution in [0.5, 0.6) is 0 Å². The predicted molar refractivity (Wildman–Crippen MR) is 89.5 cm³/mol. The highest BCUT2D eigenvalue weighted by Crippen LogP contribution is 2.20. The van der Waals surface area contributed by atoms with E-state index in [9.17, 15) is 4.79 Å². The number of aryl methyl sites for hydroxylation is 2. The summed E-state index contributed by atoms with van der Waals surface area (Å²) in [5, 5.41) is 0. The third-order valence-corrected chi connectivity index (χ3v) is 4.02. The maximum atomic E-state index is 12.5. The number of fused-ring (bicyclic) bond motifs is 1. The fourth-order valence-electron chi connectivity index (χ4n) is 2.54. The quantitative estimate of drug-likeness (QED) is 0.532. The van der Waals surface area contributed by atoms with Crippen LogP contribution in [-0.2, 0) is 12.4 Å². The van der Waals surface area contributed by atoms with E-state index in [1.165, 1.54) is 0 Å². The lowest BCUT2D eigenvalue weighted by Crippen LogP contribution is -2.12. The summed E-state index contributed by atoms with van der Waals surface area (Å²) in [6, 6.07) is 13.7. The van der Waals surface area contributed by atoms with Crippen LogP contribution in [0.2, 0.25) is 0 Å². The smallest absolute Gasteiger partial charge is 0.182 e. The molecule has 0 fully saturated rings. The van der Waals surface area contributed by atoms with Crippen LogP contribution in [-0.4, -0.2) is 15.3 Å². The molecule has 0 bridgehead atoms.